The molecule has 0 unspecified atom stereocenters. The lowest BCUT2D eigenvalue weighted by molar-refractivity contribution is -0.149. The van der Waals surface area contributed by atoms with E-state index in [1.807, 2.05) is 36.4 Å². The number of ether oxygens (including phenoxy) is 2. The number of rotatable bonds is 2. The van der Waals surface area contributed by atoms with Crippen molar-refractivity contribution in [2.75, 3.05) is 18.6 Å². The van der Waals surface area contributed by atoms with Crippen LogP contribution in [0.1, 0.15) is 0 Å². The Balaban J connectivity index is 1.75. The number of halogens is 1. The van der Waals surface area contributed by atoms with Gasteiger partial charge in [0.15, 0.2) is 0 Å². The highest BCUT2D eigenvalue weighted by Gasteiger charge is 2.67. The standard InChI is InChI=1S/C16H14BrNO4/c1-21-15(20)12-11-6-7-16(22-11)8-18(14(19)13(12)16)10-5-3-2-4-9(10)17/h2-7,11-13H,8H2,1H3/t11-,12-,13+,16-/m0/s1. The largest absolute Gasteiger partial charge is 0.469 e. The maximum absolute atomic E-state index is 12.9. The van der Waals surface area contributed by atoms with Gasteiger partial charge in [0.1, 0.15) is 11.5 Å². The molecule has 1 aromatic rings. The first-order chi connectivity index (χ1) is 10.6. The minimum Gasteiger partial charge on any atom is -0.469 e. The lowest BCUT2D eigenvalue weighted by Crippen LogP contribution is -2.39. The Morgan fingerprint density at radius 3 is 2.95 bits per heavy atom. The van der Waals surface area contributed by atoms with E-state index in [2.05, 4.69) is 15.9 Å². The molecule has 3 aliphatic heterocycles. The number of methoxy groups -OCH3 is 1. The van der Waals surface area contributed by atoms with Crippen LogP contribution in [-0.4, -0.2) is 37.2 Å². The van der Waals surface area contributed by atoms with Crippen LogP contribution in [0.2, 0.25) is 0 Å². The predicted molar refractivity (Wildman–Crippen MR) is 82.2 cm³/mol. The Labute approximate surface area is 136 Å². The van der Waals surface area contributed by atoms with Gasteiger partial charge in [-0.1, -0.05) is 24.3 Å². The number of esters is 1. The summed E-state index contributed by atoms with van der Waals surface area (Å²) < 4.78 is 11.7. The van der Waals surface area contributed by atoms with Crippen molar-refractivity contribution in [2.24, 2.45) is 11.8 Å². The highest BCUT2D eigenvalue weighted by atomic mass is 79.9. The third-order valence-corrected chi connectivity index (χ3v) is 5.39. The van der Waals surface area contributed by atoms with E-state index in [1.54, 1.807) is 4.90 Å². The second kappa shape index (κ2) is 4.67. The minimum absolute atomic E-state index is 0.0887. The number of anilines is 1. The van der Waals surface area contributed by atoms with Crippen LogP contribution in [0.25, 0.3) is 0 Å². The molecule has 0 radical (unpaired) electrons. The molecule has 5 nitrogen and oxygen atoms in total. The number of benzene rings is 1. The maximum Gasteiger partial charge on any atom is 0.312 e. The molecule has 1 spiro atoms. The monoisotopic (exact) mass is 363 g/mol. The molecule has 0 aliphatic carbocycles. The summed E-state index contributed by atoms with van der Waals surface area (Å²) in [5.41, 5.74) is 0.0796. The van der Waals surface area contributed by atoms with E-state index in [4.69, 9.17) is 9.47 Å². The van der Waals surface area contributed by atoms with Crippen LogP contribution in [0.5, 0.6) is 0 Å². The number of carbonyl (C=O) groups excluding carboxylic acids is 2. The predicted octanol–water partition coefficient (Wildman–Crippen LogP) is 1.91. The van der Waals surface area contributed by atoms with Gasteiger partial charge in [-0.15, -0.1) is 0 Å². The van der Waals surface area contributed by atoms with Gasteiger partial charge in [-0.3, -0.25) is 9.59 Å². The van der Waals surface area contributed by atoms with Crippen LogP contribution in [0.15, 0.2) is 40.9 Å². The summed E-state index contributed by atoms with van der Waals surface area (Å²) in [4.78, 5) is 26.7. The van der Waals surface area contributed by atoms with Crippen molar-refractivity contribution in [3.05, 3.63) is 40.9 Å². The van der Waals surface area contributed by atoms with Crippen molar-refractivity contribution in [2.45, 2.75) is 11.7 Å². The summed E-state index contributed by atoms with van der Waals surface area (Å²) in [6.07, 6.45) is 3.44. The zero-order valence-corrected chi connectivity index (χ0v) is 13.4. The van der Waals surface area contributed by atoms with Crippen molar-refractivity contribution < 1.29 is 19.1 Å². The van der Waals surface area contributed by atoms with Crippen LogP contribution in [-0.2, 0) is 19.1 Å². The summed E-state index contributed by atoms with van der Waals surface area (Å²) in [7, 11) is 1.34. The number of carbonyl (C=O) groups is 2. The van der Waals surface area contributed by atoms with Crippen LogP contribution in [0, 0.1) is 11.8 Å². The van der Waals surface area contributed by atoms with Crippen molar-refractivity contribution in [1.29, 1.82) is 0 Å². The summed E-state index contributed by atoms with van der Waals surface area (Å²) in [5, 5.41) is 0. The first kappa shape index (κ1) is 14.0. The number of amides is 1. The maximum atomic E-state index is 12.9. The number of fused-ring (bicyclic) bond motifs is 1. The van der Waals surface area contributed by atoms with E-state index in [1.165, 1.54) is 7.11 Å². The van der Waals surface area contributed by atoms with Crippen LogP contribution in [0.3, 0.4) is 0 Å². The molecule has 6 heteroatoms. The van der Waals surface area contributed by atoms with E-state index in [9.17, 15) is 9.59 Å². The highest BCUT2D eigenvalue weighted by molar-refractivity contribution is 9.10. The van der Waals surface area contributed by atoms with Gasteiger partial charge in [-0.05, 0) is 28.1 Å². The molecule has 22 heavy (non-hydrogen) atoms. The fourth-order valence-corrected chi connectivity index (χ4v) is 4.28. The van der Waals surface area contributed by atoms with Crippen molar-refractivity contribution in [3.8, 4) is 0 Å². The molecule has 3 heterocycles. The van der Waals surface area contributed by atoms with Crippen molar-refractivity contribution in [1.82, 2.24) is 0 Å². The number of para-hydroxylation sites is 1. The topological polar surface area (TPSA) is 55.8 Å². The number of hydrogen-bond acceptors (Lipinski definition) is 4. The summed E-state index contributed by atoms with van der Waals surface area (Å²) in [6.45, 7) is 0.416. The molecule has 1 aromatic carbocycles. The zero-order chi connectivity index (χ0) is 15.5. The molecule has 3 aliphatic rings. The smallest absolute Gasteiger partial charge is 0.312 e. The molecule has 4 atom stereocenters. The van der Waals surface area contributed by atoms with Gasteiger partial charge in [0.2, 0.25) is 5.91 Å². The Hall–Kier alpha value is -1.66. The second-order valence-electron chi connectivity index (χ2n) is 5.80. The third kappa shape index (κ3) is 1.68. The summed E-state index contributed by atoms with van der Waals surface area (Å²) in [5.74, 6) is -1.55. The summed E-state index contributed by atoms with van der Waals surface area (Å²) >= 11 is 3.48. The minimum atomic E-state index is -0.712. The molecule has 2 bridgehead atoms. The van der Waals surface area contributed by atoms with Gasteiger partial charge in [0.25, 0.3) is 0 Å². The Kier molecular flexibility index (Phi) is 2.96. The molecular weight excluding hydrogens is 350 g/mol. The molecular formula is C16H14BrNO4. The second-order valence-corrected chi connectivity index (χ2v) is 6.65. The van der Waals surface area contributed by atoms with Crippen LogP contribution in [0.4, 0.5) is 5.69 Å². The highest BCUT2D eigenvalue weighted by Crippen LogP contribution is 2.53. The summed E-state index contributed by atoms with van der Waals surface area (Å²) in [6, 6.07) is 7.54. The Bertz CT molecular complexity index is 703. The van der Waals surface area contributed by atoms with Crippen molar-refractivity contribution in [3.63, 3.8) is 0 Å². The first-order valence-corrected chi connectivity index (χ1v) is 7.87. The van der Waals surface area contributed by atoms with E-state index >= 15 is 0 Å². The number of nitrogens with zero attached hydrogens (tertiary/aromatic N) is 1. The van der Waals surface area contributed by atoms with Gasteiger partial charge in [0.05, 0.1) is 31.4 Å². The molecule has 0 saturated carbocycles. The molecule has 0 N–H and O–H groups in total. The Morgan fingerprint density at radius 1 is 1.45 bits per heavy atom. The fourth-order valence-electron chi connectivity index (χ4n) is 3.78. The quantitative estimate of drug-likeness (QED) is 0.594. The fraction of sp³-hybridized carbons (Fsp3) is 0.375. The SMILES string of the molecule is COC(=O)[C@H]1[C@@H]2C=C[C@@]3(CN(c4ccccc4Br)C(=O)[C@@H]13)O2. The zero-order valence-electron chi connectivity index (χ0n) is 11.9. The molecule has 114 valence electrons. The van der Waals surface area contributed by atoms with Gasteiger partial charge in [-0.2, -0.15) is 0 Å². The molecule has 2 fully saturated rings. The molecule has 2 saturated heterocycles. The van der Waals surface area contributed by atoms with E-state index < -0.39 is 17.4 Å². The Morgan fingerprint density at radius 2 is 2.23 bits per heavy atom. The van der Waals surface area contributed by atoms with Gasteiger partial charge >= 0.3 is 5.97 Å². The van der Waals surface area contributed by atoms with Crippen LogP contribution < -0.4 is 4.90 Å². The van der Waals surface area contributed by atoms with Gasteiger partial charge in [0, 0.05) is 4.47 Å². The molecule has 4 rings (SSSR count). The average Bonchev–Trinajstić information content (AvgIpc) is 3.15. The van der Waals surface area contributed by atoms with Gasteiger partial charge in [-0.25, -0.2) is 0 Å². The lowest BCUT2D eigenvalue weighted by Gasteiger charge is -2.22. The third-order valence-electron chi connectivity index (χ3n) is 4.72. The average molecular weight is 364 g/mol. The normalized spacial score (nSPS) is 35.1. The molecule has 1 amide bonds. The lowest BCUT2D eigenvalue weighted by atomic mass is 9.77. The van der Waals surface area contributed by atoms with E-state index in [0.717, 1.165) is 10.2 Å². The van der Waals surface area contributed by atoms with E-state index in [-0.39, 0.29) is 18.0 Å². The number of hydrogen-bond donors (Lipinski definition) is 0. The first-order valence-electron chi connectivity index (χ1n) is 7.08. The van der Waals surface area contributed by atoms with Crippen molar-refractivity contribution >= 4 is 33.5 Å². The van der Waals surface area contributed by atoms with Gasteiger partial charge < -0.3 is 14.4 Å². The van der Waals surface area contributed by atoms with Crippen LogP contribution >= 0.6 is 15.9 Å². The molecule has 0 aromatic heterocycles. The van der Waals surface area contributed by atoms with E-state index in [0.29, 0.717) is 6.54 Å².